The summed E-state index contributed by atoms with van der Waals surface area (Å²) in [7, 11) is 0. The minimum absolute atomic E-state index is 0.127. The van der Waals surface area contributed by atoms with Crippen LogP contribution in [0.4, 0.5) is 0 Å². The van der Waals surface area contributed by atoms with Crippen LogP contribution in [0.3, 0.4) is 0 Å². The molecule has 3 nitrogen and oxygen atoms in total. The highest BCUT2D eigenvalue weighted by Gasteiger charge is 2.01. The smallest absolute Gasteiger partial charge is 0.336 e. The van der Waals surface area contributed by atoms with Crippen LogP contribution in [-0.2, 0) is 4.79 Å². The number of aryl methyl sites for hydroxylation is 1. The summed E-state index contributed by atoms with van der Waals surface area (Å²) in [4.78, 5) is 11.6. The zero-order valence-corrected chi connectivity index (χ0v) is 10.5. The third-order valence-corrected chi connectivity index (χ3v) is 2.58. The van der Waals surface area contributed by atoms with Crippen molar-refractivity contribution in [1.82, 2.24) is 0 Å². The highest BCUT2D eigenvalue weighted by molar-refractivity contribution is 5.89. The van der Waals surface area contributed by atoms with Gasteiger partial charge in [0.05, 0.1) is 0 Å². The first-order chi connectivity index (χ1) is 9.15. The molecule has 0 radical (unpaired) electrons. The standard InChI is InChI=1S/C16H14O3/c1-12-6-9-14(10-7-12)19-16(18)11-8-13-4-2-3-5-15(13)17/h2-11,17H,1H3/b11-8+. The van der Waals surface area contributed by atoms with Gasteiger partial charge >= 0.3 is 5.97 Å². The summed E-state index contributed by atoms with van der Waals surface area (Å²) in [5.74, 6) is 0.145. The van der Waals surface area contributed by atoms with Gasteiger partial charge in [-0.05, 0) is 31.2 Å². The monoisotopic (exact) mass is 254 g/mol. The SMILES string of the molecule is Cc1ccc(OC(=O)/C=C/c2ccccc2O)cc1. The molecule has 0 aromatic heterocycles. The Hall–Kier alpha value is -2.55. The summed E-state index contributed by atoms with van der Waals surface area (Å²) in [6.45, 7) is 1.96. The lowest BCUT2D eigenvalue weighted by Gasteiger charge is -2.01. The van der Waals surface area contributed by atoms with E-state index >= 15 is 0 Å². The van der Waals surface area contributed by atoms with Gasteiger partial charge in [0.1, 0.15) is 11.5 Å². The summed E-state index contributed by atoms with van der Waals surface area (Å²) in [5, 5.41) is 9.54. The molecule has 0 heterocycles. The van der Waals surface area contributed by atoms with E-state index in [-0.39, 0.29) is 5.75 Å². The van der Waals surface area contributed by atoms with Gasteiger partial charge < -0.3 is 9.84 Å². The topological polar surface area (TPSA) is 46.5 Å². The Morgan fingerprint density at radius 1 is 1.11 bits per heavy atom. The molecule has 2 rings (SSSR count). The molecule has 0 fully saturated rings. The number of esters is 1. The van der Waals surface area contributed by atoms with E-state index in [2.05, 4.69) is 0 Å². The van der Waals surface area contributed by atoms with Crippen molar-refractivity contribution >= 4 is 12.0 Å². The number of benzene rings is 2. The van der Waals surface area contributed by atoms with E-state index in [1.807, 2.05) is 19.1 Å². The molecule has 1 N–H and O–H groups in total. The Bertz CT molecular complexity index is 598. The van der Waals surface area contributed by atoms with Gasteiger partial charge in [-0.2, -0.15) is 0 Å². The van der Waals surface area contributed by atoms with E-state index < -0.39 is 5.97 Å². The van der Waals surface area contributed by atoms with Crippen molar-refractivity contribution in [3.63, 3.8) is 0 Å². The number of para-hydroxylation sites is 1. The molecule has 0 bridgehead atoms. The Kier molecular flexibility index (Phi) is 3.98. The number of ether oxygens (including phenoxy) is 1. The zero-order chi connectivity index (χ0) is 13.7. The first-order valence-electron chi connectivity index (χ1n) is 5.90. The fourth-order valence-corrected chi connectivity index (χ4v) is 1.54. The highest BCUT2D eigenvalue weighted by Crippen LogP contribution is 2.17. The van der Waals surface area contributed by atoms with Crippen molar-refractivity contribution in [1.29, 1.82) is 0 Å². The van der Waals surface area contributed by atoms with Gasteiger partial charge in [-0.25, -0.2) is 4.79 Å². The lowest BCUT2D eigenvalue weighted by atomic mass is 10.2. The second-order valence-electron chi connectivity index (χ2n) is 4.13. The maximum Gasteiger partial charge on any atom is 0.336 e. The molecule has 2 aromatic rings. The molecule has 0 unspecified atom stereocenters. The molecule has 0 spiro atoms. The fourth-order valence-electron chi connectivity index (χ4n) is 1.54. The Labute approximate surface area is 111 Å². The predicted molar refractivity (Wildman–Crippen MR) is 74.0 cm³/mol. The normalized spacial score (nSPS) is 10.6. The van der Waals surface area contributed by atoms with Gasteiger partial charge in [0.15, 0.2) is 0 Å². The highest BCUT2D eigenvalue weighted by atomic mass is 16.5. The van der Waals surface area contributed by atoms with Gasteiger partial charge in [0.25, 0.3) is 0 Å². The quantitative estimate of drug-likeness (QED) is 0.519. The number of carbonyl (C=O) groups excluding carboxylic acids is 1. The molecule has 0 aliphatic rings. The lowest BCUT2D eigenvalue weighted by molar-refractivity contribution is -0.128. The summed E-state index contributed by atoms with van der Waals surface area (Å²) in [5.41, 5.74) is 1.67. The lowest BCUT2D eigenvalue weighted by Crippen LogP contribution is -2.03. The van der Waals surface area contributed by atoms with Crippen molar-refractivity contribution in [2.45, 2.75) is 6.92 Å². The largest absolute Gasteiger partial charge is 0.507 e. The number of hydrogen-bond donors (Lipinski definition) is 1. The Balaban J connectivity index is 2.02. The van der Waals surface area contributed by atoms with Crippen LogP contribution in [0.2, 0.25) is 0 Å². The van der Waals surface area contributed by atoms with Crippen molar-refractivity contribution in [3.8, 4) is 11.5 Å². The molecule has 2 aromatic carbocycles. The Morgan fingerprint density at radius 3 is 2.47 bits per heavy atom. The van der Waals surface area contributed by atoms with Crippen LogP contribution >= 0.6 is 0 Å². The molecular formula is C16H14O3. The van der Waals surface area contributed by atoms with Crippen LogP contribution < -0.4 is 4.74 Å². The third kappa shape index (κ3) is 3.71. The summed E-state index contributed by atoms with van der Waals surface area (Å²) in [6.07, 6.45) is 2.81. The molecule has 96 valence electrons. The first-order valence-corrected chi connectivity index (χ1v) is 5.90. The molecule has 3 heteroatoms. The van der Waals surface area contributed by atoms with Crippen LogP contribution in [0.15, 0.2) is 54.6 Å². The molecule has 0 atom stereocenters. The van der Waals surface area contributed by atoms with Crippen molar-refractivity contribution in [3.05, 3.63) is 65.7 Å². The van der Waals surface area contributed by atoms with Gasteiger partial charge in [-0.3, -0.25) is 0 Å². The van der Waals surface area contributed by atoms with E-state index in [0.717, 1.165) is 5.56 Å². The number of phenols is 1. The van der Waals surface area contributed by atoms with Gasteiger partial charge in [-0.1, -0.05) is 35.9 Å². The molecule has 19 heavy (non-hydrogen) atoms. The number of phenolic OH excluding ortho intramolecular Hbond substituents is 1. The molecule has 0 saturated heterocycles. The van der Waals surface area contributed by atoms with Crippen molar-refractivity contribution in [2.24, 2.45) is 0 Å². The number of rotatable bonds is 3. The summed E-state index contributed by atoms with van der Waals surface area (Å²) in [6, 6.07) is 14.0. The average Bonchev–Trinajstić information content (AvgIpc) is 2.40. The molecule has 0 amide bonds. The van der Waals surface area contributed by atoms with Gasteiger partial charge in [-0.15, -0.1) is 0 Å². The summed E-state index contributed by atoms with van der Waals surface area (Å²) >= 11 is 0. The van der Waals surface area contributed by atoms with Crippen LogP contribution in [0.1, 0.15) is 11.1 Å². The first kappa shape index (κ1) is 12.9. The zero-order valence-electron chi connectivity index (χ0n) is 10.5. The average molecular weight is 254 g/mol. The maximum absolute atomic E-state index is 11.6. The van der Waals surface area contributed by atoms with Crippen molar-refractivity contribution in [2.75, 3.05) is 0 Å². The minimum atomic E-state index is -0.480. The van der Waals surface area contributed by atoms with E-state index in [9.17, 15) is 9.90 Å². The number of hydrogen-bond acceptors (Lipinski definition) is 3. The van der Waals surface area contributed by atoms with E-state index in [1.165, 1.54) is 12.2 Å². The Morgan fingerprint density at radius 2 is 1.79 bits per heavy atom. The molecule has 0 saturated carbocycles. The number of carbonyl (C=O) groups is 1. The van der Waals surface area contributed by atoms with Crippen LogP contribution in [0, 0.1) is 6.92 Å². The minimum Gasteiger partial charge on any atom is -0.507 e. The summed E-state index contributed by atoms with van der Waals surface area (Å²) < 4.78 is 5.12. The molecule has 0 aliphatic heterocycles. The molecular weight excluding hydrogens is 240 g/mol. The van der Waals surface area contributed by atoms with Gasteiger partial charge in [0, 0.05) is 11.6 Å². The second kappa shape index (κ2) is 5.87. The van der Waals surface area contributed by atoms with Crippen LogP contribution in [0.5, 0.6) is 11.5 Å². The number of aromatic hydroxyl groups is 1. The van der Waals surface area contributed by atoms with Crippen LogP contribution in [-0.4, -0.2) is 11.1 Å². The van der Waals surface area contributed by atoms with E-state index in [0.29, 0.717) is 11.3 Å². The van der Waals surface area contributed by atoms with E-state index in [1.54, 1.807) is 36.4 Å². The molecule has 0 aliphatic carbocycles. The maximum atomic E-state index is 11.6. The van der Waals surface area contributed by atoms with E-state index in [4.69, 9.17) is 4.74 Å². The fraction of sp³-hybridized carbons (Fsp3) is 0.0625. The second-order valence-corrected chi connectivity index (χ2v) is 4.13. The van der Waals surface area contributed by atoms with Crippen molar-refractivity contribution < 1.29 is 14.6 Å². The van der Waals surface area contributed by atoms with Crippen LogP contribution in [0.25, 0.3) is 6.08 Å². The van der Waals surface area contributed by atoms with Gasteiger partial charge in [0.2, 0.25) is 0 Å². The predicted octanol–water partition coefficient (Wildman–Crippen LogP) is 3.32. The third-order valence-electron chi connectivity index (χ3n) is 2.58.